The smallest absolute Gasteiger partial charge is 0.504 e. The van der Waals surface area contributed by atoms with E-state index >= 15 is 0 Å². The van der Waals surface area contributed by atoms with Crippen molar-refractivity contribution in [2.75, 3.05) is 0 Å². The van der Waals surface area contributed by atoms with Gasteiger partial charge in [0.2, 0.25) is 0 Å². The summed E-state index contributed by atoms with van der Waals surface area (Å²) in [4.78, 5) is 0. The second kappa shape index (κ2) is 3.82. The molecule has 0 radical (unpaired) electrons. The molecule has 2 aromatic carbocycles. The largest absolute Gasteiger partial charge is 0.537 e. The molecular formula is C13H12BNO2. The van der Waals surface area contributed by atoms with Crippen LogP contribution in [0.1, 0.15) is 0 Å². The first-order valence-electron chi connectivity index (χ1n) is 5.52. The van der Waals surface area contributed by atoms with Gasteiger partial charge in [0, 0.05) is 23.3 Å². The first kappa shape index (κ1) is 10.2. The van der Waals surface area contributed by atoms with E-state index in [1.54, 1.807) is 0 Å². The SMILES string of the molecule is Cn1c2ccccc2c2cccc(OBO)c21. The fraction of sp³-hybridized carbons (Fsp3) is 0.0769. The van der Waals surface area contributed by atoms with Crippen molar-refractivity contribution in [3.05, 3.63) is 42.5 Å². The van der Waals surface area contributed by atoms with Crippen molar-refractivity contribution in [2.45, 2.75) is 0 Å². The average molecular weight is 225 g/mol. The molecule has 0 spiro atoms. The quantitative estimate of drug-likeness (QED) is 0.676. The lowest BCUT2D eigenvalue weighted by Crippen LogP contribution is -2.01. The van der Waals surface area contributed by atoms with Gasteiger partial charge < -0.3 is 14.2 Å². The van der Waals surface area contributed by atoms with Crippen molar-refractivity contribution in [3.63, 3.8) is 0 Å². The lowest BCUT2D eigenvalue weighted by Gasteiger charge is -2.06. The van der Waals surface area contributed by atoms with Crippen molar-refractivity contribution >= 4 is 29.5 Å². The number of aryl methyl sites for hydroxylation is 1. The monoisotopic (exact) mass is 225 g/mol. The fourth-order valence-electron chi connectivity index (χ4n) is 2.39. The minimum atomic E-state index is -0.305. The molecule has 0 unspecified atom stereocenters. The zero-order chi connectivity index (χ0) is 11.8. The van der Waals surface area contributed by atoms with Crippen LogP contribution in [0.25, 0.3) is 21.8 Å². The summed E-state index contributed by atoms with van der Waals surface area (Å²) < 4.78 is 7.36. The molecule has 0 bridgehead atoms. The first-order chi connectivity index (χ1) is 8.33. The third-order valence-electron chi connectivity index (χ3n) is 3.11. The molecule has 17 heavy (non-hydrogen) atoms. The molecule has 0 amide bonds. The van der Waals surface area contributed by atoms with Gasteiger partial charge in [0.05, 0.1) is 5.52 Å². The Balaban J connectivity index is 2.48. The number of fused-ring (bicyclic) bond motifs is 3. The van der Waals surface area contributed by atoms with Crippen molar-refractivity contribution in [1.29, 1.82) is 0 Å². The van der Waals surface area contributed by atoms with Crippen LogP contribution in [-0.2, 0) is 7.05 Å². The van der Waals surface area contributed by atoms with Crippen LogP contribution in [0.5, 0.6) is 5.75 Å². The van der Waals surface area contributed by atoms with Crippen LogP contribution in [0.2, 0.25) is 0 Å². The van der Waals surface area contributed by atoms with Gasteiger partial charge in [0.25, 0.3) is 0 Å². The summed E-state index contributed by atoms with van der Waals surface area (Å²) in [6.07, 6.45) is 0. The fourth-order valence-corrected chi connectivity index (χ4v) is 2.39. The summed E-state index contributed by atoms with van der Waals surface area (Å²) in [5.41, 5.74) is 2.18. The Hall–Kier alpha value is -1.94. The Morgan fingerprint density at radius 3 is 2.65 bits per heavy atom. The molecule has 1 N–H and O–H groups in total. The van der Waals surface area contributed by atoms with E-state index in [1.165, 1.54) is 5.39 Å². The molecule has 3 nitrogen and oxygen atoms in total. The van der Waals surface area contributed by atoms with Crippen LogP contribution in [0.3, 0.4) is 0 Å². The van der Waals surface area contributed by atoms with E-state index in [1.807, 2.05) is 31.3 Å². The maximum absolute atomic E-state index is 8.91. The molecule has 3 aromatic rings. The first-order valence-corrected chi connectivity index (χ1v) is 5.52. The Morgan fingerprint density at radius 1 is 1.06 bits per heavy atom. The van der Waals surface area contributed by atoms with Crippen LogP contribution in [0, 0.1) is 0 Å². The van der Waals surface area contributed by atoms with E-state index in [0.29, 0.717) is 5.75 Å². The molecule has 0 aliphatic carbocycles. The standard InChI is InChI=1S/C13H12BNO2/c1-15-11-7-3-2-5-9(11)10-6-4-8-12(13(10)15)17-14-16/h2-8,14,16H,1H3. The zero-order valence-electron chi connectivity index (χ0n) is 9.55. The van der Waals surface area contributed by atoms with Crippen molar-refractivity contribution in [1.82, 2.24) is 4.57 Å². The molecular weight excluding hydrogens is 213 g/mol. The van der Waals surface area contributed by atoms with E-state index in [0.717, 1.165) is 16.4 Å². The average Bonchev–Trinajstić information content (AvgIpc) is 2.66. The Morgan fingerprint density at radius 2 is 1.82 bits per heavy atom. The van der Waals surface area contributed by atoms with Gasteiger partial charge >= 0.3 is 7.69 Å². The maximum Gasteiger partial charge on any atom is 0.504 e. The lowest BCUT2D eigenvalue weighted by molar-refractivity contribution is 0.455. The van der Waals surface area contributed by atoms with Gasteiger partial charge in [0.1, 0.15) is 5.75 Å². The molecule has 1 heterocycles. The number of para-hydroxylation sites is 2. The minimum absolute atomic E-state index is 0.305. The molecule has 0 atom stereocenters. The van der Waals surface area contributed by atoms with Gasteiger partial charge in [-0.3, -0.25) is 0 Å². The number of benzene rings is 2. The Labute approximate surface area is 99.5 Å². The highest BCUT2D eigenvalue weighted by atomic mass is 16.5. The Kier molecular flexibility index (Phi) is 2.30. The van der Waals surface area contributed by atoms with E-state index in [2.05, 4.69) is 22.8 Å². The van der Waals surface area contributed by atoms with Crippen molar-refractivity contribution in [3.8, 4) is 5.75 Å². The molecule has 0 aliphatic heterocycles. The van der Waals surface area contributed by atoms with E-state index in [9.17, 15) is 0 Å². The van der Waals surface area contributed by atoms with E-state index < -0.39 is 0 Å². The number of rotatable bonds is 2. The van der Waals surface area contributed by atoms with Gasteiger partial charge in [-0.15, -0.1) is 0 Å². The van der Waals surface area contributed by atoms with Crippen molar-refractivity contribution in [2.24, 2.45) is 7.05 Å². The summed E-state index contributed by atoms with van der Waals surface area (Å²) in [7, 11) is 1.70. The van der Waals surface area contributed by atoms with Crippen LogP contribution in [-0.4, -0.2) is 17.3 Å². The molecule has 84 valence electrons. The van der Waals surface area contributed by atoms with E-state index in [4.69, 9.17) is 9.68 Å². The molecule has 4 heteroatoms. The number of hydrogen-bond donors (Lipinski definition) is 1. The summed E-state index contributed by atoms with van der Waals surface area (Å²) >= 11 is 0. The van der Waals surface area contributed by atoms with Gasteiger partial charge in [-0.1, -0.05) is 30.3 Å². The molecule has 0 saturated heterocycles. The van der Waals surface area contributed by atoms with Crippen LogP contribution in [0.15, 0.2) is 42.5 Å². The second-order valence-corrected chi connectivity index (χ2v) is 4.00. The molecule has 0 saturated carbocycles. The van der Waals surface area contributed by atoms with Gasteiger partial charge in [0.15, 0.2) is 0 Å². The maximum atomic E-state index is 8.91. The summed E-state index contributed by atoms with van der Waals surface area (Å²) in [6, 6.07) is 14.1. The number of aromatic nitrogens is 1. The van der Waals surface area contributed by atoms with Crippen LogP contribution in [0.4, 0.5) is 0 Å². The number of hydrogen-bond acceptors (Lipinski definition) is 2. The Bertz CT molecular complexity index is 690. The third-order valence-corrected chi connectivity index (χ3v) is 3.11. The normalized spacial score (nSPS) is 10.9. The molecule has 3 rings (SSSR count). The van der Waals surface area contributed by atoms with Gasteiger partial charge in [-0.05, 0) is 12.1 Å². The highest BCUT2D eigenvalue weighted by Crippen LogP contribution is 2.33. The zero-order valence-corrected chi connectivity index (χ0v) is 9.55. The van der Waals surface area contributed by atoms with Gasteiger partial charge in [-0.2, -0.15) is 0 Å². The van der Waals surface area contributed by atoms with Crippen LogP contribution < -0.4 is 4.65 Å². The molecule has 1 aromatic heterocycles. The second-order valence-electron chi connectivity index (χ2n) is 4.00. The number of nitrogens with zero attached hydrogens (tertiary/aromatic N) is 1. The topological polar surface area (TPSA) is 34.4 Å². The molecule has 0 fully saturated rings. The predicted molar refractivity (Wildman–Crippen MR) is 70.4 cm³/mol. The highest BCUT2D eigenvalue weighted by Gasteiger charge is 2.11. The van der Waals surface area contributed by atoms with E-state index in [-0.39, 0.29) is 7.69 Å². The summed E-state index contributed by atoms with van der Waals surface area (Å²) in [5.74, 6) is 0.712. The minimum Gasteiger partial charge on any atom is -0.537 e. The highest BCUT2D eigenvalue weighted by molar-refractivity contribution is 6.19. The van der Waals surface area contributed by atoms with Crippen molar-refractivity contribution < 1.29 is 9.68 Å². The van der Waals surface area contributed by atoms with Gasteiger partial charge in [-0.25, -0.2) is 0 Å². The van der Waals surface area contributed by atoms with Crippen LogP contribution >= 0.6 is 0 Å². The molecule has 0 aliphatic rings. The summed E-state index contributed by atoms with van der Waals surface area (Å²) in [6.45, 7) is 0. The lowest BCUT2D eigenvalue weighted by atomic mass is 10.1. The predicted octanol–water partition coefficient (Wildman–Crippen LogP) is 1.97. The third kappa shape index (κ3) is 1.41. The summed E-state index contributed by atoms with van der Waals surface area (Å²) in [5, 5.41) is 11.3.